The van der Waals surface area contributed by atoms with Gasteiger partial charge in [0.2, 0.25) is 0 Å². The Morgan fingerprint density at radius 2 is 1.61 bits per heavy atom. The van der Waals surface area contributed by atoms with Gasteiger partial charge in [-0.3, -0.25) is 10.1 Å². The molecule has 8 heteroatoms. The maximum atomic E-state index is 13.7. The van der Waals surface area contributed by atoms with Crippen LogP contribution in [0.1, 0.15) is 29.7 Å². The first-order valence-electron chi connectivity index (χ1n) is 11.4. The number of rotatable bonds is 8. The molecule has 0 saturated carbocycles. The normalized spacial score (nSPS) is 11.6. The van der Waals surface area contributed by atoms with E-state index in [0.29, 0.717) is 28.3 Å². The van der Waals surface area contributed by atoms with Crippen molar-refractivity contribution in [1.29, 1.82) is 0 Å². The van der Waals surface area contributed by atoms with Gasteiger partial charge in [-0.05, 0) is 42.2 Å². The van der Waals surface area contributed by atoms with Crippen molar-refractivity contribution in [2.75, 3.05) is 11.9 Å². The highest BCUT2D eigenvalue weighted by molar-refractivity contribution is 5.91. The molecule has 2 N–H and O–H groups in total. The van der Waals surface area contributed by atoms with Crippen LogP contribution >= 0.6 is 0 Å². The Balaban J connectivity index is 1.42. The summed E-state index contributed by atoms with van der Waals surface area (Å²) in [5, 5.41) is 15.8. The zero-order valence-corrected chi connectivity index (χ0v) is 19.8. The molecule has 0 radical (unpaired) electrons. The van der Waals surface area contributed by atoms with Gasteiger partial charge in [0.25, 0.3) is 0 Å². The molecular formula is C28H25FN2O5. The number of aliphatic carboxylic acids is 1. The highest BCUT2D eigenvalue weighted by atomic mass is 19.1. The summed E-state index contributed by atoms with van der Waals surface area (Å²) in [5.74, 6) is -1.40. The molecule has 1 atom stereocenters. The molecule has 4 aromatic rings. The van der Waals surface area contributed by atoms with Gasteiger partial charge < -0.3 is 14.4 Å². The van der Waals surface area contributed by atoms with Crippen LogP contribution in [0, 0.1) is 12.7 Å². The molecule has 1 unspecified atom stereocenters. The Kier molecular flexibility index (Phi) is 7.44. The van der Waals surface area contributed by atoms with Gasteiger partial charge in [-0.15, -0.1) is 0 Å². The highest BCUT2D eigenvalue weighted by Gasteiger charge is 2.19. The molecule has 0 spiro atoms. The highest BCUT2D eigenvalue weighted by Crippen LogP contribution is 2.33. The third kappa shape index (κ3) is 5.60. The maximum Gasteiger partial charge on any atom is 0.411 e. The number of amides is 1. The molecule has 7 nitrogen and oxygen atoms in total. The van der Waals surface area contributed by atoms with Crippen LogP contribution in [0.4, 0.5) is 14.9 Å². The van der Waals surface area contributed by atoms with Crippen LogP contribution in [0.2, 0.25) is 0 Å². The largest absolute Gasteiger partial charge is 0.481 e. The fourth-order valence-electron chi connectivity index (χ4n) is 3.73. The topological polar surface area (TPSA) is 102 Å². The second kappa shape index (κ2) is 10.9. The number of benzene rings is 3. The number of aromatic nitrogens is 1. The van der Waals surface area contributed by atoms with Crippen molar-refractivity contribution in [3.05, 3.63) is 95.4 Å². The number of ether oxygens (including phenoxy) is 1. The standard InChI is InChI=1S/C28H25FN2O5/c1-17(27(32)33)19-7-9-20(10-8-19)21-11-13-23(14-12-21)26-25(18(2)31-36-26)30-28(34)35-16-15-22-5-3-4-6-24(22)29/h3-14,17H,15-16H2,1-2H3,(H,30,34)(H,32,33). The van der Waals surface area contributed by atoms with E-state index in [0.717, 1.165) is 16.7 Å². The first-order chi connectivity index (χ1) is 17.3. The van der Waals surface area contributed by atoms with E-state index in [1.807, 2.05) is 48.5 Å². The van der Waals surface area contributed by atoms with Crippen molar-refractivity contribution in [3.8, 4) is 22.5 Å². The molecule has 4 rings (SSSR count). The Labute approximate surface area is 207 Å². The summed E-state index contributed by atoms with van der Waals surface area (Å²) in [7, 11) is 0. The minimum atomic E-state index is -0.868. The lowest BCUT2D eigenvalue weighted by Crippen LogP contribution is -2.16. The minimum absolute atomic E-state index is 0.0190. The number of nitrogens with zero attached hydrogens (tertiary/aromatic N) is 1. The molecule has 0 aliphatic carbocycles. The number of carbonyl (C=O) groups is 2. The maximum absolute atomic E-state index is 13.7. The molecule has 0 aliphatic rings. The number of nitrogens with one attached hydrogen (secondary N) is 1. The lowest BCUT2D eigenvalue weighted by atomic mass is 9.97. The van der Waals surface area contributed by atoms with E-state index in [2.05, 4.69) is 10.5 Å². The van der Waals surface area contributed by atoms with Crippen LogP contribution < -0.4 is 5.32 Å². The van der Waals surface area contributed by atoms with E-state index < -0.39 is 18.0 Å². The summed E-state index contributed by atoms with van der Waals surface area (Å²) in [5.41, 5.74) is 4.67. The number of aryl methyl sites for hydroxylation is 1. The first kappa shape index (κ1) is 24.7. The van der Waals surface area contributed by atoms with Gasteiger partial charge in [0, 0.05) is 12.0 Å². The van der Waals surface area contributed by atoms with Crippen LogP contribution in [-0.4, -0.2) is 28.9 Å². The van der Waals surface area contributed by atoms with Crippen molar-refractivity contribution in [2.24, 2.45) is 0 Å². The Bertz CT molecular complexity index is 1360. The third-order valence-corrected chi connectivity index (χ3v) is 5.91. The smallest absolute Gasteiger partial charge is 0.411 e. The number of carbonyl (C=O) groups excluding carboxylic acids is 1. The fraction of sp³-hybridized carbons (Fsp3) is 0.179. The molecule has 1 amide bonds. The monoisotopic (exact) mass is 488 g/mol. The number of halogens is 1. The SMILES string of the molecule is Cc1noc(-c2ccc(-c3ccc(C(C)C(=O)O)cc3)cc2)c1NC(=O)OCCc1ccccc1F. The summed E-state index contributed by atoms with van der Waals surface area (Å²) in [6, 6.07) is 21.2. The van der Waals surface area contributed by atoms with Gasteiger partial charge in [-0.2, -0.15) is 0 Å². The molecule has 0 saturated heterocycles. The zero-order valence-electron chi connectivity index (χ0n) is 19.8. The van der Waals surface area contributed by atoms with Crippen LogP contribution in [0.3, 0.4) is 0 Å². The van der Waals surface area contributed by atoms with Crippen molar-refractivity contribution in [3.63, 3.8) is 0 Å². The lowest BCUT2D eigenvalue weighted by molar-refractivity contribution is -0.138. The van der Waals surface area contributed by atoms with E-state index in [1.165, 1.54) is 6.07 Å². The van der Waals surface area contributed by atoms with Crippen LogP contribution in [0.5, 0.6) is 0 Å². The second-order valence-electron chi connectivity index (χ2n) is 8.33. The van der Waals surface area contributed by atoms with Gasteiger partial charge in [-0.1, -0.05) is 71.9 Å². The van der Waals surface area contributed by atoms with Gasteiger partial charge >= 0.3 is 12.1 Å². The molecule has 0 fully saturated rings. The molecule has 1 aromatic heterocycles. The fourth-order valence-corrected chi connectivity index (χ4v) is 3.73. The van der Waals surface area contributed by atoms with Gasteiger partial charge in [0.15, 0.2) is 5.76 Å². The van der Waals surface area contributed by atoms with Crippen molar-refractivity contribution < 1.29 is 28.3 Å². The van der Waals surface area contributed by atoms with Crippen LogP contribution in [0.25, 0.3) is 22.5 Å². The summed E-state index contributed by atoms with van der Waals surface area (Å²) < 4.78 is 24.4. The summed E-state index contributed by atoms with van der Waals surface area (Å²) >= 11 is 0. The average Bonchev–Trinajstić information content (AvgIpc) is 3.24. The van der Waals surface area contributed by atoms with Gasteiger partial charge in [0.05, 0.1) is 12.5 Å². The third-order valence-electron chi connectivity index (χ3n) is 5.91. The van der Waals surface area contributed by atoms with Crippen LogP contribution in [0.15, 0.2) is 77.3 Å². The second-order valence-corrected chi connectivity index (χ2v) is 8.33. The van der Waals surface area contributed by atoms with Crippen molar-refractivity contribution >= 4 is 17.7 Å². The van der Waals surface area contributed by atoms with Gasteiger partial charge in [0.1, 0.15) is 17.2 Å². The van der Waals surface area contributed by atoms with E-state index in [1.54, 1.807) is 32.0 Å². The Morgan fingerprint density at radius 3 is 2.25 bits per heavy atom. The van der Waals surface area contributed by atoms with Crippen molar-refractivity contribution in [1.82, 2.24) is 5.16 Å². The molecule has 0 aliphatic heterocycles. The Morgan fingerprint density at radius 1 is 1.00 bits per heavy atom. The molecule has 0 bridgehead atoms. The minimum Gasteiger partial charge on any atom is -0.481 e. The van der Waals surface area contributed by atoms with Gasteiger partial charge in [-0.25, -0.2) is 9.18 Å². The number of carboxylic acids is 1. The average molecular weight is 489 g/mol. The summed E-state index contributed by atoms with van der Waals surface area (Å²) in [6.45, 7) is 3.37. The van der Waals surface area contributed by atoms with E-state index in [4.69, 9.17) is 9.26 Å². The number of hydrogen-bond acceptors (Lipinski definition) is 5. The summed E-state index contributed by atoms with van der Waals surface area (Å²) in [4.78, 5) is 23.5. The Hall–Kier alpha value is -4.46. The lowest BCUT2D eigenvalue weighted by Gasteiger charge is -2.09. The molecule has 36 heavy (non-hydrogen) atoms. The number of anilines is 1. The predicted octanol–water partition coefficient (Wildman–Crippen LogP) is 6.44. The predicted molar refractivity (Wildman–Crippen MR) is 133 cm³/mol. The molecule has 1 heterocycles. The first-order valence-corrected chi connectivity index (χ1v) is 11.4. The zero-order chi connectivity index (χ0) is 25.7. The molecular weight excluding hydrogens is 463 g/mol. The number of hydrogen-bond donors (Lipinski definition) is 2. The number of carboxylic acid groups (broad SMARTS) is 1. The summed E-state index contributed by atoms with van der Waals surface area (Å²) in [6.07, 6.45) is -0.432. The van der Waals surface area contributed by atoms with E-state index >= 15 is 0 Å². The van der Waals surface area contributed by atoms with Crippen LogP contribution in [-0.2, 0) is 16.0 Å². The van der Waals surface area contributed by atoms with Crippen molar-refractivity contribution in [2.45, 2.75) is 26.2 Å². The van der Waals surface area contributed by atoms with E-state index in [-0.39, 0.29) is 18.8 Å². The quantitative estimate of drug-likeness (QED) is 0.296. The molecule has 3 aromatic carbocycles. The molecule has 184 valence electrons. The van der Waals surface area contributed by atoms with E-state index in [9.17, 15) is 19.1 Å².